The van der Waals surface area contributed by atoms with E-state index in [0.717, 1.165) is 4.90 Å². The van der Waals surface area contributed by atoms with Gasteiger partial charge >= 0.3 is 7.82 Å². The number of carbonyl (C=O) groups excluding carboxylic acids is 6. The van der Waals surface area contributed by atoms with E-state index < -0.39 is 67.9 Å². The summed E-state index contributed by atoms with van der Waals surface area (Å²) >= 11 is 0. The van der Waals surface area contributed by atoms with Crippen LogP contribution in [0.2, 0.25) is 0 Å². The van der Waals surface area contributed by atoms with E-state index in [1.54, 1.807) is 0 Å². The lowest BCUT2D eigenvalue weighted by Crippen LogP contribution is -2.56. The monoisotopic (exact) mass is 640 g/mol. The lowest BCUT2D eigenvalue weighted by Gasteiger charge is -2.28. The van der Waals surface area contributed by atoms with Gasteiger partial charge in [-0.2, -0.15) is 0 Å². The van der Waals surface area contributed by atoms with Gasteiger partial charge in [0.2, 0.25) is 35.4 Å². The number of hydrogen-bond acceptors (Lipinski definition) is 8. The molecule has 1 rings (SSSR count). The highest BCUT2D eigenvalue weighted by Gasteiger charge is 2.31. The first-order valence-corrected chi connectivity index (χ1v) is 15.1. The Morgan fingerprint density at radius 1 is 1.00 bits per heavy atom. The first kappa shape index (κ1) is 37.8. The standard InChI is InChI=1S/C27H41N6O10P/c1-5-12-33(15-24(36)31-21(25(29)37)13-16(2)3)27(39)20(10-11-23(28)35)32-26(38)22(30-17(4)34)14-18-6-8-19(9-7-18)43-44(40,41)42/h5-9,16,20-22H,1,10-15H2,2-4H3,(H2,28,35)(H2,29,37)(H,30,34)(H,31,36)(H,32,38)(H2,40,41,42)/t20-,21-,22-/m0/s1. The average Bonchev–Trinajstić information content (AvgIpc) is 2.89. The number of primary amides is 2. The van der Waals surface area contributed by atoms with Gasteiger partial charge in [0.1, 0.15) is 23.9 Å². The minimum absolute atomic E-state index is 0.0367. The second-order valence-corrected chi connectivity index (χ2v) is 11.6. The minimum Gasteiger partial charge on any atom is -0.404 e. The molecular weight excluding hydrogens is 599 g/mol. The Balaban J connectivity index is 3.18. The zero-order chi connectivity index (χ0) is 33.6. The van der Waals surface area contributed by atoms with Crippen LogP contribution in [0.5, 0.6) is 5.75 Å². The maximum Gasteiger partial charge on any atom is 0.524 e. The lowest BCUT2D eigenvalue weighted by molar-refractivity contribution is -0.140. The van der Waals surface area contributed by atoms with Crippen LogP contribution in [0.25, 0.3) is 0 Å². The summed E-state index contributed by atoms with van der Waals surface area (Å²) in [5, 5.41) is 7.50. The summed E-state index contributed by atoms with van der Waals surface area (Å²) in [6.07, 6.45) is 0.999. The molecule has 3 atom stereocenters. The van der Waals surface area contributed by atoms with E-state index in [2.05, 4.69) is 27.1 Å². The van der Waals surface area contributed by atoms with Gasteiger partial charge in [0, 0.05) is 26.3 Å². The number of rotatable bonds is 19. The molecule has 0 aliphatic carbocycles. The number of phosphoric ester groups is 1. The third-order valence-electron chi connectivity index (χ3n) is 5.96. The van der Waals surface area contributed by atoms with E-state index in [9.17, 15) is 33.3 Å². The van der Waals surface area contributed by atoms with Crippen LogP contribution < -0.4 is 31.9 Å². The topological polar surface area (TPSA) is 261 Å². The fourth-order valence-corrected chi connectivity index (χ4v) is 4.47. The number of nitrogens with zero attached hydrogens (tertiary/aromatic N) is 1. The molecule has 1 aromatic carbocycles. The molecule has 44 heavy (non-hydrogen) atoms. The largest absolute Gasteiger partial charge is 0.524 e. The van der Waals surface area contributed by atoms with Crippen molar-refractivity contribution in [3.05, 3.63) is 42.5 Å². The Hall–Kier alpha value is -4.27. The molecule has 9 N–H and O–H groups in total. The summed E-state index contributed by atoms with van der Waals surface area (Å²) in [6.45, 7) is 7.79. The zero-order valence-electron chi connectivity index (χ0n) is 24.9. The van der Waals surface area contributed by atoms with Gasteiger partial charge < -0.3 is 36.8 Å². The third-order valence-corrected chi connectivity index (χ3v) is 6.41. The van der Waals surface area contributed by atoms with Crippen molar-refractivity contribution >= 4 is 43.3 Å². The van der Waals surface area contributed by atoms with Crippen LogP contribution in [0, 0.1) is 5.92 Å². The SMILES string of the molecule is C=CCN(CC(=O)N[C@@H](CC(C)C)C(N)=O)C(=O)[C@H](CCC(N)=O)NC(=O)[C@H](Cc1ccc(OP(=O)(O)O)cc1)NC(C)=O. The molecule has 0 bridgehead atoms. The zero-order valence-corrected chi connectivity index (χ0v) is 25.7. The van der Waals surface area contributed by atoms with Gasteiger partial charge in [-0.1, -0.05) is 32.1 Å². The summed E-state index contributed by atoms with van der Waals surface area (Å²) < 4.78 is 15.6. The summed E-state index contributed by atoms with van der Waals surface area (Å²) in [5.74, 6) is -4.39. The van der Waals surface area contributed by atoms with E-state index in [-0.39, 0.29) is 43.9 Å². The van der Waals surface area contributed by atoms with Crippen LogP contribution in [0.1, 0.15) is 45.6 Å². The Bertz CT molecular complexity index is 1250. The highest BCUT2D eigenvalue weighted by atomic mass is 31.2. The second kappa shape index (κ2) is 17.8. The second-order valence-electron chi connectivity index (χ2n) is 10.4. The summed E-state index contributed by atoms with van der Waals surface area (Å²) in [5.41, 5.74) is 11.1. The predicted octanol–water partition coefficient (Wildman–Crippen LogP) is -1.01. The van der Waals surface area contributed by atoms with E-state index in [1.807, 2.05) is 13.8 Å². The molecule has 0 aliphatic heterocycles. The van der Waals surface area contributed by atoms with E-state index in [0.29, 0.717) is 5.56 Å². The maximum atomic E-state index is 13.5. The Labute approximate surface area is 255 Å². The van der Waals surface area contributed by atoms with Gasteiger partial charge in [0.15, 0.2) is 0 Å². The Kier molecular flexibility index (Phi) is 15.2. The average molecular weight is 641 g/mol. The highest BCUT2D eigenvalue weighted by Crippen LogP contribution is 2.37. The van der Waals surface area contributed by atoms with Crippen molar-refractivity contribution in [2.24, 2.45) is 17.4 Å². The first-order valence-electron chi connectivity index (χ1n) is 13.6. The van der Waals surface area contributed by atoms with E-state index >= 15 is 0 Å². The molecule has 0 aliphatic rings. The normalized spacial score (nSPS) is 13.1. The number of carbonyl (C=O) groups is 6. The van der Waals surface area contributed by atoms with Crippen LogP contribution in [0.15, 0.2) is 36.9 Å². The molecule has 0 fully saturated rings. The van der Waals surface area contributed by atoms with Crippen molar-refractivity contribution in [2.75, 3.05) is 13.1 Å². The molecule has 0 spiro atoms. The van der Waals surface area contributed by atoms with Crippen molar-refractivity contribution in [3.8, 4) is 5.75 Å². The summed E-state index contributed by atoms with van der Waals surface area (Å²) in [7, 11) is -4.79. The molecular formula is C27H41N6O10P. The van der Waals surface area contributed by atoms with Crippen LogP contribution in [-0.4, -0.2) is 81.3 Å². The van der Waals surface area contributed by atoms with Gasteiger partial charge in [-0.3, -0.25) is 38.6 Å². The molecule has 6 amide bonds. The fourth-order valence-electron chi connectivity index (χ4n) is 4.07. The van der Waals surface area contributed by atoms with Gasteiger partial charge in [0.05, 0.1) is 6.54 Å². The van der Waals surface area contributed by atoms with Crippen LogP contribution in [0.4, 0.5) is 0 Å². The highest BCUT2D eigenvalue weighted by molar-refractivity contribution is 7.46. The molecule has 0 unspecified atom stereocenters. The fraction of sp³-hybridized carbons (Fsp3) is 0.481. The van der Waals surface area contributed by atoms with Crippen molar-refractivity contribution in [1.29, 1.82) is 0 Å². The van der Waals surface area contributed by atoms with Crippen molar-refractivity contribution in [1.82, 2.24) is 20.9 Å². The van der Waals surface area contributed by atoms with Crippen LogP contribution in [-0.2, 0) is 39.8 Å². The van der Waals surface area contributed by atoms with Crippen LogP contribution in [0.3, 0.4) is 0 Å². The van der Waals surface area contributed by atoms with Crippen LogP contribution >= 0.6 is 7.82 Å². The number of nitrogens with two attached hydrogens (primary N) is 2. The number of amides is 6. The summed E-state index contributed by atoms with van der Waals surface area (Å²) in [4.78, 5) is 93.8. The molecule has 244 valence electrons. The lowest BCUT2D eigenvalue weighted by atomic mass is 10.0. The molecule has 17 heteroatoms. The van der Waals surface area contributed by atoms with Gasteiger partial charge in [-0.05, 0) is 36.5 Å². The molecule has 1 aromatic rings. The van der Waals surface area contributed by atoms with E-state index in [4.69, 9.17) is 21.3 Å². The summed E-state index contributed by atoms with van der Waals surface area (Å²) in [6, 6.07) is 1.84. The third kappa shape index (κ3) is 14.8. The quantitative estimate of drug-likeness (QED) is 0.0715. The molecule has 0 saturated carbocycles. The van der Waals surface area contributed by atoms with Crippen molar-refractivity contribution < 1.29 is 47.6 Å². The Morgan fingerprint density at radius 2 is 1.61 bits per heavy atom. The molecule has 0 radical (unpaired) electrons. The molecule has 0 aromatic heterocycles. The molecule has 0 heterocycles. The van der Waals surface area contributed by atoms with Gasteiger partial charge in [0.25, 0.3) is 0 Å². The van der Waals surface area contributed by atoms with Gasteiger partial charge in [-0.25, -0.2) is 4.57 Å². The number of nitrogens with one attached hydrogen (secondary N) is 3. The number of benzene rings is 1. The molecule has 16 nitrogen and oxygen atoms in total. The van der Waals surface area contributed by atoms with E-state index in [1.165, 1.54) is 37.3 Å². The smallest absolute Gasteiger partial charge is 0.404 e. The van der Waals surface area contributed by atoms with Crippen molar-refractivity contribution in [3.63, 3.8) is 0 Å². The van der Waals surface area contributed by atoms with Crippen molar-refractivity contribution in [2.45, 2.75) is 64.6 Å². The Morgan fingerprint density at radius 3 is 2.09 bits per heavy atom. The predicted molar refractivity (Wildman–Crippen MR) is 158 cm³/mol. The van der Waals surface area contributed by atoms with Gasteiger partial charge in [-0.15, -0.1) is 6.58 Å². The number of hydrogen-bond donors (Lipinski definition) is 7. The minimum atomic E-state index is -4.79. The molecule has 0 saturated heterocycles. The first-order chi connectivity index (χ1) is 20.4. The maximum absolute atomic E-state index is 13.5. The number of phosphoric acid groups is 1.